The van der Waals surface area contributed by atoms with E-state index in [1.54, 1.807) is 6.92 Å². The average Bonchev–Trinajstić information content (AvgIpc) is 2.94. The summed E-state index contributed by atoms with van der Waals surface area (Å²) >= 11 is 1.43. The Balaban J connectivity index is 1.99. The summed E-state index contributed by atoms with van der Waals surface area (Å²) in [6.07, 6.45) is 2.91. The van der Waals surface area contributed by atoms with Gasteiger partial charge in [-0.2, -0.15) is 0 Å². The maximum absolute atomic E-state index is 12.0. The Kier molecular flexibility index (Phi) is 4.51. The number of carbonyl (C=O) groups is 2. The fourth-order valence-corrected chi connectivity index (χ4v) is 3.65. The normalized spacial score (nSPS) is 24.8. The lowest BCUT2D eigenvalue weighted by Crippen LogP contribution is -2.48. The molecule has 1 fully saturated rings. The van der Waals surface area contributed by atoms with Crippen LogP contribution in [0.2, 0.25) is 0 Å². The number of nitrogens with one attached hydrogen (secondary N) is 2. The third-order valence-electron chi connectivity index (χ3n) is 4.20. The van der Waals surface area contributed by atoms with Crippen LogP contribution in [0.3, 0.4) is 0 Å². The van der Waals surface area contributed by atoms with Gasteiger partial charge in [0, 0.05) is 10.9 Å². The van der Waals surface area contributed by atoms with Crippen LogP contribution in [0.1, 0.15) is 43.7 Å². The number of carbonyl (C=O) groups excluding carboxylic acids is 1. The number of amides is 2. The number of carboxylic acids is 1. The van der Waals surface area contributed by atoms with Crippen molar-refractivity contribution in [2.45, 2.75) is 52.5 Å². The van der Waals surface area contributed by atoms with Gasteiger partial charge >= 0.3 is 12.0 Å². The molecule has 2 amide bonds. The Labute approximate surface area is 128 Å². The molecule has 6 nitrogen and oxygen atoms in total. The van der Waals surface area contributed by atoms with Gasteiger partial charge in [0.15, 0.2) is 5.13 Å². The van der Waals surface area contributed by atoms with Crippen molar-refractivity contribution in [3.63, 3.8) is 0 Å². The first-order chi connectivity index (χ1) is 9.86. The molecule has 0 aliphatic heterocycles. The van der Waals surface area contributed by atoms with Crippen molar-refractivity contribution in [1.82, 2.24) is 10.3 Å². The largest absolute Gasteiger partial charge is 0.481 e. The molecule has 2 rings (SSSR count). The fraction of sp³-hybridized carbons (Fsp3) is 0.643. The summed E-state index contributed by atoms with van der Waals surface area (Å²) < 4.78 is 0. The van der Waals surface area contributed by atoms with Crippen LogP contribution in [0.15, 0.2) is 0 Å². The Morgan fingerprint density at radius 3 is 2.81 bits per heavy atom. The van der Waals surface area contributed by atoms with Gasteiger partial charge in [0.05, 0.1) is 11.1 Å². The van der Waals surface area contributed by atoms with Crippen molar-refractivity contribution < 1.29 is 14.7 Å². The maximum atomic E-state index is 12.0. The summed E-state index contributed by atoms with van der Waals surface area (Å²) in [5, 5.41) is 15.4. The van der Waals surface area contributed by atoms with E-state index in [0.29, 0.717) is 18.0 Å². The van der Waals surface area contributed by atoms with E-state index in [0.717, 1.165) is 23.4 Å². The number of urea groups is 1. The summed E-state index contributed by atoms with van der Waals surface area (Å²) in [7, 11) is 0. The second kappa shape index (κ2) is 6.01. The van der Waals surface area contributed by atoms with Crippen molar-refractivity contribution in [3.05, 3.63) is 10.6 Å². The summed E-state index contributed by atoms with van der Waals surface area (Å²) in [4.78, 5) is 28.8. The molecule has 0 spiro atoms. The molecule has 2 unspecified atom stereocenters. The van der Waals surface area contributed by atoms with Crippen LogP contribution in [-0.2, 0) is 11.2 Å². The smallest absolute Gasteiger partial charge is 0.321 e. The highest BCUT2D eigenvalue weighted by molar-refractivity contribution is 7.15. The molecule has 116 valence electrons. The molecule has 1 aromatic rings. The average molecular weight is 311 g/mol. The molecular weight excluding hydrogens is 290 g/mol. The van der Waals surface area contributed by atoms with Gasteiger partial charge in [-0.25, -0.2) is 9.78 Å². The van der Waals surface area contributed by atoms with Crippen LogP contribution in [0.5, 0.6) is 0 Å². The summed E-state index contributed by atoms with van der Waals surface area (Å²) in [5.74, 6) is -0.858. The summed E-state index contributed by atoms with van der Waals surface area (Å²) in [6, 6.07) is -0.729. The van der Waals surface area contributed by atoms with E-state index in [1.807, 2.05) is 13.8 Å². The molecule has 0 bridgehead atoms. The number of hydrogen-bond acceptors (Lipinski definition) is 4. The molecule has 0 aromatic carbocycles. The first kappa shape index (κ1) is 15.8. The third kappa shape index (κ3) is 3.18. The Morgan fingerprint density at radius 1 is 1.52 bits per heavy atom. The van der Waals surface area contributed by atoms with E-state index in [4.69, 9.17) is 0 Å². The summed E-state index contributed by atoms with van der Waals surface area (Å²) in [6.45, 7) is 5.68. The lowest BCUT2D eigenvalue weighted by molar-refractivity contribution is -0.148. The monoisotopic (exact) mass is 311 g/mol. The van der Waals surface area contributed by atoms with Crippen molar-refractivity contribution in [2.75, 3.05) is 5.32 Å². The van der Waals surface area contributed by atoms with Crippen molar-refractivity contribution in [1.29, 1.82) is 0 Å². The van der Waals surface area contributed by atoms with Crippen LogP contribution in [0.4, 0.5) is 9.93 Å². The lowest BCUT2D eigenvalue weighted by Gasteiger charge is -2.27. The van der Waals surface area contributed by atoms with Gasteiger partial charge in [-0.3, -0.25) is 10.1 Å². The van der Waals surface area contributed by atoms with Crippen LogP contribution in [0, 0.1) is 12.3 Å². The van der Waals surface area contributed by atoms with Gasteiger partial charge in [0.2, 0.25) is 0 Å². The first-order valence-corrected chi connectivity index (χ1v) is 7.95. The van der Waals surface area contributed by atoms with Gasteiger partial charge in [-0.1, -0.05) is 13.3 Å². The number of anilines is 1. The van der Waals surface area contributed by atoms with E-state index < -0.39 is 11.4 Å². The molecule has 1 saturated carbocycles. The standard InChI is InChI=1S/C14H21N3O3S/c1-4-9-8(2)21-13(15-9)17-12(20)16-10-6-5-7-14(10,3)11(18)19/h10H,4-7H2,1-3H3,(H,18,19)(H2,15,16,17,20). The minimum absolute atomic E-state index is 0.346. The Hall–Kier alpha value is -1.63. The molecule has 1 aromatic heterocycles. The molecule has 2 atom stereocenters. The molecule has 1 heterocycles. The third-order valence-corrected chi connectivity index (χ3v) is 5.13. The van der Waals surface area contributed by atoms with Crippen LogP contribution in [0.25, 0.3) is 0 Å². The zero-order chi connectivity index (χ0) is 15.6. The first-order valence-electron chi connectivity index (χ1n) is 7.14. The molecule has 0 radical (unpaired) electrons. The minimum atomic E-state index is -0.884. The molecular formula is C14H21N3O3S. The summed E-state index contributed by atoms with van der Waals surface area (Å²) in [5.41, 5.74) is 0.0941. The SMILES string of the molecule is CCc1nc(NC(=O)NC2CCCC2(C)C(=O)O)sc1C. The van der Waals surface area contributed by atoms with E-state index in [9.17, 15) is 14.7 Å². The van der Waals surface area contributed by atoms with Gasteiger partial charge in [-0.15, -0.1) is 11.3 Å². The van der Waals surface area contributed by atoms with Crippen LogP contribution < -0.4 is 10.6 Å². The molecule has 1 aliphatic rings. The number of aliphatic carboxylic acids is 1. The maximum Gasteiger partial charge on any atom is 0.321 e. The number of thiazole rings is 1. The van der Waals surface area contributed by atoms with Gasteiger partial charge in [0.25, 0.3) is 0 Å². The highest BCUT2D eigenvalue weighted by atomic mass is 32.1. The topological polar surface area (TPSA) is 91.3 Å². The second-order valence-electron chi connectivity index (χ2n) is 5.64. The van der Waals surface area contributed by atoms with Gasteiger partial charge in [-0.05, 0) is 33.1 Å². The van der Waals surface area contributed by atoms with Crippen LogP contribution >= 0.6 is 11.3 Å². The molecule has 0 saturated heterocycles. The van der Waals surface area contributed by atoms with E-state index in [-0.39, 0.29) is 12.1 Å². The highest BCUT2D eigenvalue weighted by Crippen LogP contribution is 2.38. The second-order valence-corrected chi connectivity index (χ2v) is 6.84. The Bertz CT molecular complexity index is 558. The number of aryl methyl sites for hydroxylation is 2. The number of hydrogen-bond donors (Lipinski definition) is 3. The number of aromatic nitrogens is 1. The number of carboxylic acid groups (broad SMARTS) is 1. The molecule has 3 N–H and O–H groups in total. The predicted octanol–water partition coefficient (Wildman–Crippen LogP) is 2.78. The lowest BCUT2D eigenvalue weighted by atomic mass is 9.85. The highest BCUT2D eigenvalue weighted by Gasteiger charge is 2.45. The van der Waals surface area contributed by atoms with Crippen molar-refractivity contribution in [3.8, 4) is 0 Å². The molecule has 21 heavy (non-hydrogen) atoms. The quantitative estimate of drug-likeness (QED) is 0.797. The number of rotatable bonds is 4. The van der Waals surface area contributed by atoms with Crippen molar-refractivity contribution in [2.24, 2.45) is 5.41 Å². The van der Waals surface area contributed by atoms with Gasteiger partial charge in [0.1, 0.15) is 0 Å². The zero-order valence-corrected chi connectivity index (χ0v) is 13.3. The van der Waals surface area contributed by atoms with Crippen LogP contribution in [-0.4, -0.2) is 28.1 Å². The Morgan fingerprint density at radius 2 is 2.24 bits per heavy atom. The van der Waals surface area contributed by atoms with E-state index in [2.05, 4.69) is 15.6 Å². The molecule has 7 heteroatoms. The fourth-order valence-electron chi connectivity index (χ4n) is 2.75. The molecule has 1 aliphatic carbocycles. The zero-order valence-electron chi connectivity index (χ0n) is 12.5. The van der Waals surface area contributed by atoms with E-state index in [1.165, 1.54) is 11.3 Å². The number of nitrogens with zero attached hydrogens (tertiary/aromatic N) is 1. The predicted molar refractivity (Wildman–Crippen MR) is 81.8 cm³/mol. The van der Waals surface area contributed by atoms with Gasteiger partial charge < -0.3 is 10.4 Å². The van der Waals surface area contributed by atoms with E-state index >= 15 is 0 Å². The minimum Gasteiger partial charge on any atom is -0.481 e. The van der Waals surface area contributed by atoms with Crippen molar-refractivity contribution >= 4 is 28.5 Å².